The molecule has 0 saturated carbocycles. The van der Waals surface area contributed by atoms with Crippen molar-refractivity contribution in [3.8, 4) is 0 Å². The molecule has 0 aliphatic heterocycles. The molecule has 0 saturated heterocycles. The Bertz CT molecular complexity index is 586. The minimum Gasteiger partial charge on any atom is -0.300 e. The van der Waals surface area contributed by atoms with Gasteiger partial charge in [-0.1, -0.05) is 54.0 Å². The number of hydrogen-bond acceptors (Lipinski definition) is 2. The molecular formula is C18H21BrN2. The van der Waals surface area contributed by atoms with E-state index in [2.05, 4.69) is 70.0 Å². The molecule has 0 unspecified atom stereocenters. The van der Waals surface area contributed by atoms with Crippen LogP contribution < -0.4 is 0 Å². The molecule has 21 heavy (non-hydrogen) atoms. The van der Waals surface area contributed by atoms with E-state index in [1.165, 1.54) is 5.56 Å². The van der Waals surface area contributed by atoms with Gasteiger partial charge in [-0.05, 0) is 48.5 Å². The lowest BCUT2D eigenvalue weighted by molar-refractivity contribution is 0.296. The smallest absolute Gasteiger partial charge is 0.0630 e. The number of nitrogens with zero attached hydrogens (tertiary/aromatic N) is 2. The molecule has 110 valence electrons. The third-order valence-corrected chi connectivity index (χ3v) is 3.94. The van der Waals surface area contributed by atoms with Gasteiger partial charge >= 0.3 is 0 Å². The van der Waals surface area contributed by atoms with Gasteiger partial charge in [0.2, 0.25) is 0 Å². The summed E-state index contributed by atoms with van der Waals surface area (Å²) in [6.07, 6.45) is 1.89. The first-order valence-electron chi connectivity index (χ1n) is 7.32. The van der Waals surface area contributed by atoms with E-state index in [1.54, 1.807) is 0 Å². The predicted octanol–water partition coefficient (Wildman–Crippen LogP) is 5.04. The van der Waals surface area contributed by atoms with E-state index < -0.39 is 0 Å². The zero-order valence-corrected chi connectivity index (χ0v) is 14.2. The first-order valence-corrected chi connectivity index (χ1v) is 8.11. The maximum Gasteiger partial charge on any atom is 0.0630 e. The predicted molar refractivity (Wildman–Crippen MR) is 94.5 cm³/mol. The molecule has 0 bridgehead atoms. The average Bonchev–Trinajstić information content (AvgIpc) is 2.52. The Labute approximate surface area is 135 Å². The van der Waals surface area contributed by atoms with Gasteiger partial charge in [0.25, 0.3) is 0 Å². The highest BCUT2D eigenvalue weighted by Gasteiger charge is 2.00. The van der Waals surface area contributed by atoms with Crippen LogP contribution in [0.3, 0.4) is 0 Å². The Hall–Kier alpha value is -1.45. The van der Waals surface area contributed by atoms with E-state index in [0.717, 1.165) is 35.4 Å². The molecule has 0 spiro atoms. The summed E-state index contributed by atoms with van der Waals surface area (Å²) in [6, 6.07) is 16.6. The molecule has 0 heterocycles. The van der Waals surface area contributed by atoms with Gasteiger partial charge in [-0.25, -0.2) is 0 Å². The van der Waals surface area contributed by atoms with Gasteiger partial charge in [-0.2, -0.15) is 0 Å². The molecular weight excluding hydrogens is 324 g/mol. The minimum absolute atomic E-state index is 0.985. The van der Waals surface area contributed by atoms with Gasteiger partial charge in [-0.3, -0.25) is 9.89 Å². The quantitative estimate of drug-likeness (QED) is 0.670. The molecule has 3 heteroatoms. The van der Waals surface area contributed by atoms with Crippen LogP contribution in [0, 0.1) is 0 Å². The Kier molecular flexibility index (Phi) is 6.15. The summed E-state index contributed by atoms with van der Waals surface area (Å²) in [5.74, 6) is 0. The van der Waals surface area contributed by atoms with Gasteiger partial charge in [0, 0.05) is 17.2 Å². The zero-order valence-electron chi connectivity index (χ0n) is 12.6. The van der Waals surface area contributed by atoms with Crippen molar-refractivity contribution < 1.29 is 0 Å². The van der Waals surface area contributed by atoms with Crippen LogP contribution in [0.4, 0.5) is 5.69 Å². The topological polar surface area (TPSA) is 15.6 Å². The van der Waals surface area contributed by atoms with Crippen molar-refractivity contribution in [2.24, 2.45) is 4.99 Å². The SMILES string of the molecule is CCN(CC)Cc1ccc(N=Cc2cccc(Br)c2)cc1. The van der Waals surface area contributed by atoms with E-state index in [1.807, 2.05) is 24.4 Å². The second-order valence-electron chi connectivity index (χ2n) is 4.94. The number of rotatable bonds is 6. The van der Waals surface area contributed by atoms with Gasteiger partial charge in [0.15, 0.2) is 0 Å². The van der Waals surface area contributed by atoms with Gasteiger partial charge in [0.1, 0.15) is 0 Å². The van der Waals surface area contributed by atoms with Crippen LogP contribution in [-0.4, -0.2) is 24.2 Å². The van der Waals surface area contributed by atoms with Crippen molar-refractivity contribution in [2.45, 2.75) is 20.4 Å². The number of aliphatic imine (C=N–C) groups is 1. The van der Waals surface area contributed by atoms with E-state index in [-0.39, 0.29) is 0 Å². The summed E-state index contributed by atoms with van der Waals surface area (Å²) in [6.45, 7) is 7.56. The van der Waals surface area contributed by atoms with Gasteiger partial charge in [0.05, 0.1) is 5.69 Å². The van der Waals surface area contributed by atoms with Crippen molar-refractivity contribution in [3.05, 3.63) is 64.1 Å². The van der Waals surface area contributed by atoms with E-state index in [0.29, 0.717) is 0 Å². The summed E-state index contributed by atoms with van der Waals surface area (Å²) >= 11 is 3.47. The molecule has 0 atom stereocenters. The Morgan fingerprint density at radius 2 is 1.76 bits per heavy atom. The largest absolute Gasteiger partial charge is 0.300 e. The molecule has 2 rings (SSSR count). The van der Waals surface area contributed by atoms with E-state index in [4.69, 9.17) is 0 Å². The molecule has 0 aliphatic rings. The molecule has 2 nitrogen and oxygen atoms in total. The Morgan fingerprint density at radius 1 is 1.05 bits per heavy atom. The van der Waals surface area contributed by atoms with Crippen molar-refractivity contribution in [2.75, 3.05) is 13.1 Å². The second kappa shape index (κ2) is 8.11. The summed E-state index contributed by atoms with van der Waals surface area (Å²) < 4.78 is 1.07. The average molecular weight is 345 g/mol. The first kappa shape index (κ1) is 15.9. The number of benzene rings is 2. The summed E-state index contributed by atoms with van der Waals surface area (Å²) in [5.41, 5.74) is 3.41. The number of hydrogen-bond donors (Lipinski definition) is 0. The maximum absolute atomic E-state index is 4.52. The van der Waals surface area contributed by atoms with Crippen LogP contribution in [0.15, 0.2) is 58.0 Å². The third kappa shape index (κ3) is 5.10. The highest BCUT2D eigenvalue weighted by Crippen LogP contribution is 2.15. The standard InChI is InChI=1S/C18H21BrN2/c1-3-21(4-2)14-15-8-10-18(11-9-15)20-13-16-6-5-7-17(19)12-16/h5-13H,3-4,14H2,1-2H3. The lowest BCUT2D eigenvalue weighted by atomic mass is 10.2. The fourth-order valence-corrected chi connectivity index (χ4v) is 2.55. The lowest BCUT2D eigenvalue weighted by Crippen LogP contribution is -2.21. The van der Waals surface area contributed by atoms with E-state index in [9.17, 15) is 0 Å². The van der Waals surface area contributed by atoms with Crippen molar-refractivity contribution in [3.63, 3.8) is 0 Å². The molecule has 0 aliphatic carbocycles. The van der Waals surface area contributed by atoms with Gasteiger partial charge in [-0.15, -0.1) is 0 Å². The molecule has 0 radical (unpaired) electrons. The highest BCUT2D eigenvalue weighted by molar-refractivity contribution is 9.10. The molecule has 0 amide bonds. The molecule has 0 N–H and O–H groups in total. The van der Waals surface area contributed by atoms with E-state index >= 15 is 0 Å². The van der Waals surface area contributed by atoms with Gasteiger partial charge < -0.3 is 0 Å². The Balaban J connectivity index is 2.02. The molecule has 2 aromatic rings. The fraction of sp³-hybridized carbons (Fsp3) is 0.278. The molecule has 0 fully saturated rings. The number of halogens is 1. The summed E-state index contributed by atoms with van der Waals surface area (Å²) in [5, 5.41) is 0. The second-order valence-corrected chi connectivity index (χ2v) is 5.86. The van der Waals surface area contributed by atoms with Crippen molar-refractivity contribution in [1.29, 1.82) is 0 Å². The third-order valence-electron chi connectivity index (χ3n) is 3.45. The monoisotopic (exact) mass is 344 g/mol. The highest BCUT2D eigenvalue weighted by atomic mass is 79.9. The zero-order chi connectivity index (χ0) is 15.1. The van der Waals surface area contributed by atoms with Crippen molar-refractivity contribution in [1.82, 2.24) is 4.90 Å². The fourth-order valence-electron chi connectivity index (χ4n) is 2.13. The van der Waals surface area contributed by atoms with Crippen LogP contribution in [-0.2, 0) is 6.54 Å². The Morgan fingerprint density at radius 3 is 2.38 bits per heavy atom. The van der Waals surface area contributed by atoms with Crippen LogP contribution in [0.5, 0.6) is 0 Å². The van der Waals surface area contributed by atoms with Crippen molar-refractivity contribution >= 4 is 27.8 Å². The van der Waals surface area contributed by atoms with Crippen LogP contribution in [0.1, 0.15) is 25.0 Å². The molecule has 0 aromatic heterocycles. The maximum atomic E-state index is 4.52. The first-order chi connectivity index (χ1) is 10.2. The summed E-state index contributed by atoms with van der Waals surface area (Å²) in [4.78, 5) is 6.92. The molecule has 2 aromatic carbocycles. The minimum atomic E-state index is 0.985. The lowest BCUT2D eigenvalue weighted by Gasteiger charge is -2.17. The van der Waals surface area contributed by atoms with Crippen LogP contribution in [0.2, 0.25) is 0 Å². The summed E-state index contributed by atoms with van der Waals surface area (Å²) in [7, 11) is 0. The van der Waals surface area contributed by atoms with Crippen LogP contribution >= 0.6 is 15.9 Å². The van der Waals surface area contributed by atoms with Crippen LogP contribution in [0.25, 0.3) is 0 Å². The normalized spacial score (nSPS) is 11.4.